The van der Waals surface area contributed by atoms with Crippen LogP contribution < -0.4 is 9.21 Å². The second-order valence-corrected chi connectivity index (χ2v) is 13.2. The summed E-state index contributed by atoms with van der Waals surface area (Å²) in [4.78, 5) is 15.1. The molecule has 0 atom stereocenters. The highest BCUT2D eigenvalue weighted by atomic mass is 35.5. The topological polar surface area (TPSA) is 95.1 Å². The standard InChI is InChI=1S/C24H23Cl2N3O5S2/c1-27(2)35(31,32)22-8-9-23-17(12-22)10-11-28(23)24(30)16-29(20-14-18(25)13-19(26)15-20)36(33,34)21-6-4-3-5-7-21/h3-9,12-15H,10-11,16H2,1-2H3. The van der Waals surface area contributed by atoms with Crippen molar-refractivity contribution < 1.29 is 21.6 Å². The van der Waals surface area contributed by atoms with Gasteiger partial charge in [0.2, 0.25) is 15.9 Å². The molecule has 1 aliphatic rings. The largest absolute Gasteiger partial charge is 0.310 e. The molecule has 4 rings (SSSR count). The lowest BCUT2D eigenvalue weighted by molar-refractivity contribution is -0.117. The lowest BCUT2D eigenvalue weighted by atomic mass is 10.2. The zero-order valence-electron chi connectivity index (χ0n) is 19.4. The third-order valence-corrected chi connectivity index (χ3v) is 9.81. The normalized spacial score (nSPS) is 13.6. The average molecular weight is 569 g/mol. The number of rotatable bonds is 7. The quantitative estimate of drug-likeness (QED) is 0.429. The Morgan fingerprint density at radius 2 is 1.50 bits per heavy atom. The van der Waals surface area contributed by atoms with Crippen molar-refractivity contribution in [1.29, 1.82) is 0 Å². The Kier molecular flexibility index (Phi) is 7.36. The number of carbonyl (C=O) groups excluding carboxylic acids is 1. The van der Waals surface area contributed by atoms with E-state index in [-0.39, 0.29) is 32.1 Å². The van der Waals surface area contributed by atoms with Crippen molar-refractivity contribution in [3.05, 3.63) is 82.3 Å². The molecule has 190 valence electrons. The summed E-state index contributed by atoms with van der Waals surface area (Å²) in [6.07, 6.45) is 0.437. The summed E-state index contributed by atoms with van der Waals surface area (Å²) in [6, 6.07) is 16.6. The fourth-order valence-electron chi connectivity index (χ4n) is 3.93. The monoisotopic (exact) mass is 567 g/mol. The van der Waals surface area contributed by atoms with Gasteiger partial charge in [0.15, 0.2) is 0 Å². The summed E-state index contributed by atoms with van der Waals surface area (Å²) in [6.45, 7) is -0.222. The zero-order chi connectivity index (χ0) is 26.3. The Morgan fingerprint density at radius 3 is 2.11 bits per heavy atom. The fourth-order valence-corrected chi connectivity index (χ4v) is 6.82. The minimum Gasteiger partial charge on any atom is -0.310 e. The number of hydrogen-bond acceptors (Lipinski definition) is 5. The lowest BCUT2D eigenvalue weighted by Gasteiger charge is -2.27. The number of benzene rings is 3. The molecule has 0 aliphatic carbocycles. The average Bonchev–Trinajstić information content (AvgIpc) is 3.25. The van der Waals surface area contributed by atoms with Gasteiger partial charge in [0.05, 0.1) is 15.5 Å². The molecule has 3 aromatic rings. The van der Waals surface area contributed by atoms with Crippen molar-refractivity contribution in [1.82, 2.24) is 4.31 Å². The second-order valence-electron chi connectivity index (χ2n) is 8.33. The van der Waals surface area contributed by atoms with Gasteiger partial charge in [-0.1, -0.05) is 41.4 Å². The van der Waals surface area contributed by atoms with Crippen molar-refractivity contribution in [2.75, 3.05) is 36.4 Å². The van der Waals surface area contributed by atoms with Crippen LogP contribution >= 0.6 is 23.2 Å². The number of anilines is 2. The van der Waals surface area contributed by atoms with Crippen LogP contribution in [0.5, 0.6) is 0 Å². The van der Waals surface area contributed by atoms with E-state index in [0.29, 0.717) is 17.7 Å². The van der Waals surface area contributed by atoms with Crippen LogP contribution in [-0.4, -0.2) is 54.2 Å². The van der Waals surface area contributed by atoms with E-state index in [1.54, 1.807) is 30.3 Å². The second kappa shape index (κ2) is 10.0. The molecular formula is C24H23Cl2N3O5S2. The Bertz CT molecular complexity index is 1510. The molecule has 1 heterocycles. The molecule has 1 amide bonds. The molecule has 0 spiro atoms. The number of hydrogen-bond donors (Lipinski definition) is 0. The smallest absolute Gasteiger partial charge is 0.264 e. The van der Waals surface area contributed by atoms with Crippen molar-refractivity contribution >= 4 is 60.5 Å². The third kappa shape index (κ3) is 5.09. The zero-order valence-corrected chi connectivity index (χ0v) is 22.6. The Balaban J connectivity index is 1.70. The number of amides is 1. The lowest BCUT2D eigenvalue weighted by Crippen LogP contribution is -2.42. The van der Waals surface area contributed by atoms with E-state index < -0.39 is 32.5 Å². The Hall–Kier alpha value is -2.63. The first-order chi connectivity index (χ1) is 16.9. The molecule has 0 saturated heterocycles. The summed E-state index contributed by atoms with van der Waals surface area (Å²) < 4.78 is 54.2. The molecule has 0 bridgehead atoms. The van der Waals surface area contributed by atoms with Crippen LogP contribution in [0.2, 0.25) is 10.0 Å². The van der Waals surface area contributed by atoms with Gasteiger partial charge in [-0.2, -0.15) is 0 Å². The van der Waals surface area contributed by atoms with Crippen molar-refractivity contribution in [2.45, 2.75) is 16.2 Å². The maximum absolute atomic E-state index is 13.6. The number of carbonyl (C=O) groups is 1. The molecule has 0 aromatic heterocycles. The van der Waals surface area contributed by atoms with Gasteiger partial charge in [0, 0.05) is 36.4 Å². The predicted molar refractivity (Wildman–Crippen MR) is 141 cm³/mol. The van der Waals surface area contributed by atoms with E-state index in [1.807, 2.05) is 0 Å². The van der Waals surface area contributed by atoms with Gasteiger partial charge in [-0.05, 0) is 60.5 Å². The van der Waals surface area contributed by atoms with E-state index in [0.717, 1.165) is 8.61 Å². The first kappa shape index (κ1) is 26.4. The minimum absolute atomic E-state index is 0.00857. The van der Waals surface area contributed by atoms with Crippen LogP contribution in [0.4, 0.5) is 11.4 Å². The van der Waals surface area contributed by atoms with Crippen molar-refractivity contribution in [2.24, 2.45) is 0 Å². The molecule has 0 fully saturated rings. The highest BCUT2D eigenvalue weighted by molar-refractivity contribution is 7.92. The molecular weight excluding hydrogens is 545 g/mol. The molecule has 3 aromatic carbocycles. The highest BCUT2D eigenvalue weighted by Gasteiger charge is 2.33. The third-order valence-electron chi connectivity index (χ3n) is 5.77. The molecule has 8 nitrogen and oxygen atoms in total. The van der Waals surface area contributed by atoms with E-state index in [9.17, 15) is 21.6 Å². The number of halogens is 2. The van der Waals surface area contributed by atoms with E-state index in [4.69, 9.17) is 23.2 Å². The van der Waals surface area contributed by atoms with Gasteiger partial charge >= 0.3 is 0 Å². The number of fused-ring (bicyclic) bond motifs is 1. The summed E-state index contributed by atoms with van der Waals surface area (Å²) >= 11 is 12.3. The number of sulfonamides is 2. The van der Waals surface area contributed by atoms with Crippen LogP contribution in [0.25, 0.3) is 0 Å². The van der Waals surface area contributed by atoms with E-state index in [1.165, 1.54) is 55.4 Å². The molecule has 12 heteroatoms. The van der Waals surface area contributed by atoms with Crippen LogP contribution in [-0.2, 0) is 31.3 Å². The SMILES string of the molecule is CN(C)S(=O)(=O)c1ccc2c(c1)CCN2C(=O)CN(c1cc(Cl)cc(Cl)c1)S(=O)(=O)c1ccccc1. The van der Waals surface area contributed by atoms with E-state index in [2.05, 4.69) is 0 Å². The molecule has 0 N–H and O–H groups in total. The van der Waals surface area contributed by atoms with Gasteiger partial charge in [0.1, 0.15) is 6.54 Å². The summed E-state index contributed by atoms with van der Waals surface area (Å²) in [5, 5.41) is 0.443. The van der Waals surface area contributed by atoms with Crippen LogP contribution in [0, 0.1) is 0 Å². The van der Waals surface area contributed by atoms with Crippen molar-refractivity contribution in [3.8, 4) is 0 Å². The van der Waals surface area contributed by atoms with Crippen LogP contribution in [0.15, 0.2) is 76.5 Å². The van der Waals surface area contributed by atoms with Gasteiger partial charge in [-0.3, -0.25) is 9.10 Å². The molecule has 0 saturated carbocycles. The predicted octanol–water partition coefficient (Wildman–Crippen LogP) is 4.03. The number of nitrogens with zero attached hydrogens (tertiary/aromatic N) is 3. The fraction of sp³-hybridized carbons (Fsp3) is 0.208. The van der Waals surface area contributed by atoms with Crippen LogP contribution in [0.3, 0.4) is 0 Å². The first-order valence-electron chi connectivity index (χ1n) is 10.8. The Morgan fingerprint density at radius 1 is 0.861 bits per heavy atom. The molecule has 36 heavy (non-hydrogen) atoms. The van der Waals surface area contributed by atoms with Gasteiger partial charge in [0.25, 0.3) is 10.0 Å². The van der Waals surface area contributed by atoms with E-state index >= 15 is 0 Å². The van der Waals surface area contributed by atoms with Gasteiger partial charge < -0.3 is 4.90 Å². The molecule has 0 unspecified atom stereocenters. The van der Waals surface area contributed by atoms with Gasteiger partial charge in [-0.25, -0.2) is 21.1 Å². The highest BCUT2D eigenvalue weighted by Crippen LogP contribution is 2.33. The first-order valence-corrected chi connectivity index (χ1v) is 14.4. The summed E-state index contributed by atoms with van der Waals surface area (Å²) in [7, 11) is -4.88. The maximum Gasteiger partial charge on any atom is 0.264 e. The van der Waals surface area contributed by atoms with Gasteiger partial charge in [-0.15, -0.1) is 0 Å². The summed E-state index contributed by atoms with van der Waals surface area (Å²) in [5.74, 6) is -0.479. The van der Waals surface area contributed by atoms with Crippen LogP contribution in [0.1, 0.15) is 5.56 Å². The summed E-state index contributed by atoms with van der Waals surface area (Å²) in [5.41, 5.74) is 1.38. The molecule has 1 aliphatic heterocycles. The Labute approximate surface area is 220 Å². The van der Waals surface area contributed by atoms with Crippen molar-refractivity contribution in [3.63, 3.8) is 0 Å². The minimum atomic E-state index is -4.14. The maximum atomic E-state index is 13.6. The molecule has 0 radical (unpaired) electrons.